The normalized spacial score (nSPS) is 18.7. The van der Waals surface area contributed by atoms with Crippen LogP contribution in [0.2, 0.25) is 0 Å². The molecule has 1 aromatic heterocycles. The lowest BCUT2D eigenvalue weighted by atomic mass is 10.2. The first-order valence-corrected chi connectivity index (χ1v) is 5.74. The minimum Gasteiger partial charge on any atom is -0.480 e. The fourth-order valence-corrected chi connectivity index (χ4v) is 1.94. The maximum Gasteiger partial charge on any atom is 0.410 e. The highest BCUT2D eigenvalue weighted by Crippen LogP contribution is 2.18. The molecule has 0 saturated carbocycles. The van der Waals surface area contributed by atoms with Gasteiger partial charge >= 0.3 is 12.1 Å². The number of pyridine rings is 1. The Morgan fingerprint density at radius 1 is 1.50 bits per heavy atom. The van der Waals surface area contributed by atoms with Crippen LogP contribution in [0.4, 0.5) is 4.79 Å². The quantitative estimate of drug-likeness (QED) is 0.873. The first-order valence-electron chi connectivity index (χ1n) is 5.74. The van der Waals surface area contributed by atoms with E-state index in [1.807, 2.05) is 0 Å². The van der Waals surface area contributed by atoms with Gasteiger partial charge in [-0.3, -0.25) is 9.88 Å². The topological polar surface area (TPSA) is 79.7 Å². The number of aromatic nitrogens is 1. The van der Waals surface area contributed by atoms with Crippen LogP contribution in [0.5, 0.6) is 0 Å². The number of likely N-dealkylation sites (tertiary alicyclic amines) is 1. The van der Waals surface area contributed by atoms with Gasteiger partial charge in [-0.25, -0.2) is 9.59 Å². The summed E-state index contributed by atoms with van der Waals surface area (Å²) < 4.78 is 5.05. The predicted molar refractivity (Wildman–Crippen MR) is 61.8 cm³/mol. The Balaban J connectivity index is 1.90. The van der Waals surface area contributed by atoms with Gasteiger partial charge in [0.15, 0.2) is 0 Å². The number of nitrogens with zero attached hydrogens (tertiary/aromatic N) is 2. The Morgan fingerprint density at radius 2 is 2.33 bits per heavy atom. The third kappa shape index (κ3) is 2.77. The minimum atomic E-state index is -0.984. The summed E-state index contributed by atoms with van der Waals surface area (Å²) in [6.45, 7) is 0.487. The number of carboxylic acids is 1. The van der Waals surface area contributed by atoms with Crippen molar-refractivity contribution in [3.8, 4) is 0 Å². The molecule has 1 saturated heterocycles. The summed E-state index contributed by atoms with van der Waals surface area (Å²) in [6, 6.07) is 4.55. The van der Waals surface area contributed by atoms with Crippen molar-refractivity contribution in [2.45, 2.75) is 25.5 Å². The molecule has 1 atom stereocenters. The van der Waals surface area contributed by atoms with E-state index in [1.54, 1.807) is 24.4 Å². The lowest BCUT2D eigenvalue weighted by Crippen LogP contribution is -2.40. The van der Waals surface area contributed by atoms with Crippen molar-refractivity contribution in [3.63, 3.8) is 0 Å². The molecular formula is C12H14N2O4. The molecule has 1 N–H and O–H groups in total. The monoisotopic (exact) mass is 250 g/mol. The summed E-state index contributed by atoms with van der Waals surface area (Å²) in [5.74, 6) is -0.984. The molecule has 96 valence electrons. The van der Waals surface area contributed by atoms with Gasteiger partial charge in [0.1, 0.15) is 12.6 Å². The van der Waals surface area contributed by atoms with Crippen molar-refractivity contribution in [1.82, 2.24) is 9.88 Å². The van der Waals surface area contributed by atoms with E-state index in [0.717, 1.165) is 0 Å². The van der Waals surface area contributed by atoms with Crippen LogP contribution < -0.4 is 0 Å². The number of carboxylic acid groups (broad SMARTS) is 1. The SMILES string of the molecule is O=C(O)C1CCCN1C(=O)OCc1ccccn1. The molecule has 0 bridgehead atoms. The van der Waals surface area contributed by atoms with Crippen LogP contribution >= 0.6 is 0 Å². The lowest BCUT2D eigenvalue weighted by molar-refractivity contribution is -0.141. The second-order valence-corrected chi connectivity index (χ2v) is 4.07. The van der Waals surface area contributed by atoms with Crippen molar-refractivity contribution in [2.75, 3.05) is 6.54 Å². The minimum absolute atomic E-state index is 0.0580. The zero-order valence-corrected chi connectivity index (χ0v) is 9.78. The number of amides is 1. The molecular weight excluding hydrogens is 236 g/mol. The maximum atomic E-state index is 11.7. The average Bonchev–Trinajstić information content (AvgIpc) is 2.86. The molecule has 1 aliphatic heterocycles. The van der Waals surface area contributed by atoms with E-state index in [2.05, 4.69) is 4.98 Å². The number of rotatable bonds is 3. The number of hydrogen-bond donors (Lipinski definition) is 1. The van der Waals surface area contributed by atoms with Crippen molar-refractivity contribution in [2.24, 2.45) is 0 Å². The van der Waals surface area contributed by atoms with E-state index < -0.39 is 18.1 Å². The Labute approximate surface area is 104 Å². The van der Waals surface area contributed by atoms with Crippen LogP contribution in [0, 0.1) is 0 Å². The number of carbonyl (C=O) groups is 2. The largest absolute Gasteiger partial charge is 0.480 e. The Bertz CT molecular complexity index is 435. The fraction of sp³-hybridized carbons (Fsp3) is 0.417. The highest BCUT2D eigenvalue weighted by molar-refractivity contribution is 5.80. The molecule has 0 radical (unpaired) electrons. The Kier molecular flexibility index (Phi) is 3.76. The van der Waals surface area contributed by atoms with Gasteiger partial charge in [0.2, 0.25) is 0 Å². The smallest absolute Gasteiger partial charge is 0.410 e. The molecule has 2 rings (SSSR count). The third-order valence-corrected chi connectivity index (χ3v) is 2.84. The number of ether oxygens (including phenoxy) is 1. The van der Waals surface area contributed by atoms with Gasteiger partial charge in [-0.1, -0.05) is 6.07 Å². The van der Waals surface area contributed by atoms with Crippen LogP contribution in [-0.4, -0.2) is 39.6 Å². The summed E-state index contributed by atoms with van der Waals surface area (Å²) in [7, 11) is 0. The van der Waals surface area contributed by atoms with Gasteiger partial charge in [0.05, 0.1) is 5.69 Å². The third-order valence-electron chi connectivity index (χ3n) is 2.84. The molecule has 6 heteroatoms. The molecule has 1 unspecified atom stereocenters. The zero-order chi connectivity index (χ0) is 13.0. The molecule has 6 nitrogen and oxygen atoms in total. The average molecular weight is 250 g/mol. The Hall–Kier alpha value is -2.11. The van der Waals surface area contributed by atoms with Gasteiger partial charge in [-0.05, 0) is 25.0 Å². The van der Waals surface area contributed by atoms with E-state index in [0.29, 0.717) is 25.1 Å². The maximum absolute atomic E-state index is 11.7. The van der Waals surface area contributed by atoms with Crippen molar-refractivity contribution >= 4 is 12.1 Å². The van der Waals surface area contributed by atoms with E-state index in [-0.39, 0.29) is 6.61 Å². The highest BCUT2D eigenvalue weighted by Gasteiger charge is 2.34. The zero-order valence-electron chi connectivity index (χ0n) is 9.78. The molecule has 2 heterocycles. The molecule has 0 aromatic carbocycles. The van der Waals surface area contributed by atoms with Crippen LogP contribution in [0.25, 0.3) is 0 Å². The second kappa shape index (κ2) is 5.48. The molecule has 1 aliphatic rings. The first-order chi connectivity index (χ1) is 8.68. The van der Waals surface area contributed by atoms with Crippen LogP contribution in [-0.2, 0) is 16.1 Å². The van der Waals surface area contributed by atoms with Gasteiger partial charge in [-0.15, -0.1) is 0 Å². The van der Waals surface area contributed by atoms with E-state index in [4.69, 9.17) is 9.84 Å². The predicted octanol–water partition coefficient (Wildman–Crippen LogP) is 1.27. The molecule has 1 fully saturated rings. The molecule has 1 aromatic rings. The van der Waals surface area contributed by atoms with Crippen molar-refractivity contribution < 1.29 is 19.4 Å². The molecule has 1 amide bonds. The number of hydrogen-bond acceptors (Lipinski definition) is 4. The molecule has 0 spiro atoms. The fourth-order valence-electron chi connectivity index (χ4n) is 1.94. The summed E-state index contributed by atoms with van der Waals surface area (Å²) in [5.41, 5.74) is 0.636. The van der Waals surface area contributed by atoms with Crippen LogP contribution in [0.15, 0.2) is 24.4 Å². The summed E-state index contributed by atoms with van der Waals surface area (Å²) in [6.07, 6.45) is 2.19. The van der Waals surface area contributed by atoms with Gasteiger partial charge < -0.3 is 9.84 Å². The van der Waals surface area contributed by atoms with Gasteiger partial charge in [0, 0.05) is 12.7 Å². The summed E-state index contributed by atoms with van der Waals surface area (Å²) >= 11 is 0. The number of carbonyl (C=O) groups excluding carboxylic acids is 1. The van der Waals surface area contributed by atoms with Gasteiger partial charge in [-0.2, -0.15) is 0 Å². The molecule has 18 heavy (non-hydrogen) atoms. The summed E-state index contributed by atoms with van der Waals surface area (Å²) in [4.78, 5) is 27.9. The highest BCUT2D eigenvalue weighted by atomic mass is 16.6. The second-order valence-electron chi connectivity index (χ2n) is 4.07. The van der Waals surface area contributed by atoms with Crippen LogP contribution in [0.1, 0.15) is 18.5 Å². The van der Waals surface area contributed by atoms with E-state index >= 15 is 0 Å². The first kappa shape index (κ1) is 12.3. The van der Waals surface area contributed by atoms with E-state index in [1.165, 1.54) is 4.90 Å². The number of aliphatic carboxylic acids is 1. The van der Waals surface area contributed by atoms with Crippen molar-refractivity contribution in [3.05, 3.63) is 30.1 Å². The van der Waals surface area contributed by atoms with Gasteiger partial charge in [0.25, 0.3) is 0 Å². The summed E-state index contributed by atoms with van der Waals surface area (Å²) in [5, 5.41) is 8.96. The van der Waals surface area contributed by atoms with E-state index in [9.17, 15) is 9.59 Å². The molecule has 0 aliphatic carbocycles. The van der Waals surface area contributed by atoms with Crippen LogP contribution in [0.3, 0.4) is 0 Å². The lowest BCUT2D eigenvalue weighted by Gasteiger charge is -2.20. The standard InChI is InChI=1S/C12H14N2O4/c15-11(16)10-5-3-7-14(10)12(17)18-8-9-4-1-2-6-13-9/h1-2,4,6,10H,3,5,7-8H2,(H,15,16). The Morgan fingerprint density at radius 3 is 3.00 bits per heavy atom. The van der Waals surface area contributed by atoms with Crippen molar-refractivity contribution in [1.29, 1.82) is 0 Å².